The van der Waals surface area contributed by atoms with Gasteiger partial charge in [0.15, 0.2) is 5.82 Å². The highest BCUT2D eigenvalue weighted by molar-refractivity contribution is 5.48. The van der Waals surface area contributed by atoms with Gasteiger partial charge in [0.1, 0.15) is 5.75 Å². The molecule has 0 spiro atoms. The van der Waals surface area contributed by atoms with Gasteiger partial charge in [-0.3, -0.25) is 4.79 Å². The summed E-state index contributed by atoms with van der Waals surface area (Å²) in [6, 6.07) is 7.83. The number of aromatic nitrogens is 3. The highest BCUT2D eigenvalue weighted by Crippen LogP contribution is 2.19. The SMILES string of the molecule is COc1ccccc1CNc1cnnc(N2CCN(C=O)CC2)n1. The third-order valence-electron chi connectivity index (χ3n) is 3.95. The lowest BCUT2D eigenvalue weighted by molar-refractivity contribution is -0.118. The van der Waals surface area contributed by atoms with E-state index in [0.29, 0.717) is 44.5 Å². The van der Waals surface area contributed by atoms with Gasteiger partial charge in [0.25, 0.3) is 0 Å². The average molecular weight is 328 g/mol. The molecule has 0 bridgehead atoms. The molecule has 1 saturated heterocycles. The molecule has 0 radical (unpaired) electrons. The van der Waals surface area contributed by atoms with Gasteiger partial charge in [0.2, 0.25) is 12.4 Å². The van der Waals surface area contributed by atoms with Crippen molar-refractivity contribution in [1.82, 2.24) is 20.1 Å². The number of anilines is 2. The van der Waals surface area contributed by atoms with E-state index < -0.39 is 0 Å². The zero-order valence-corrected chi connectivity index (χ0v) is 13.6. The third-order valence-corrected chi connectivity index (χ3v) is 3.95. The van der Waals surface area contributed by atoms with Gasteiger partial charge in [-0.05, 0) is 6.07 Å². The van der Waals surface area contributed by atoms with E-state index in [0.717, 1.165) is 17.7 Å². The van der Waals surface area contributed by atoms with E-state index in [1.54, 1.807) is 18.2 Å². The summed E-state index contributed by atoms with van der Waals surface area (Å²) in [5.41, 5.74) is 1.04. The van der Waals surface area contributed by atoms with E-state index in [1.165, 1.54) is 0 Å². The van der Waals surface area contributed by atoms with Crippen molar-refractivity contribution >= 4 is 18.2 Å². The molecule has 0 atom stereocenters. The van der Waals surface area contributed by atoms with Crippen LogP contribution in [0.3, 0.4) is 0 Å². The Morgan fingerprint density at radius 3 is 2.79 bits per heavy atom. The molecule has 1 aromatic heterocycles. The van der Waals surface area contributed by atoms with Crippen LogP contribution in [0.2, 0.25) is 0 Å². The van der Waals surface area contributed by atoms with Crippen LogP contribution in [0.15, 0.2) is 30.5 Å². The summed E-state index contributed by atoms with van der Waals surface area (Å²) in [7, 11) is 1.65. The van der Waals surface area contributed by atoms with Gasteiger partial charge < -0.3 is 19.9 Å². The van der Waals surface area contributed by atoms with Crippen molar-refractivity contribution in [2.24, 2.45) is 0 Å². The lowest BCUT2D eigenvalue weighted by Gasteiger charge is -2.32. The summed E-state index contributed by atoms with van der Waals surface area (Å²) >= 11 is 0. The number of methoxy groups -OCH3 is 1. The smallest absolute Gasteiger partial charge is 0.247 e. The number of carbonyl (C=O) groups excluding carboxylic acids is 1. The standard InChI is InChI=1S/C16H20N6O2/c1-24-14-5-3-2-4-13(14)10-17-15-11-18-20-16(19-15)22-8-6-21(12-23)7-9-22/h2-5,11-12H,6-10H2,1H3,(H,17,19,20). The van der Waals surface area contributed by atoms with Gasteiger partial charge in [0, 0.05) is 38.3 Å². The first-order chi connectivity index (χ1) is 11.8. The van der Waals surface area contributed by atoms with Crippen molar-refractivity contribution in [3.05, 3.63) is 36.0 Å². The Morgan fingerprint density at radius 1 is 1.25 bits per heavy atom. The Hall–Kier alpha value is -2.90. The normalized spacial score (nSPS) is 14.4. The Morgan fingerprint density at radius 2 is 2.04 bits per heavy atom. The molecule has 8 heteroatoms. The third kappa shape index (κ3) is 3.70. The summed E-state index contributed by atoms with van der Waals surface area (Å²) in [5.74, 6) is 2.06. The second-order valence-electron chi connectivity index (χ2n) is 5.44. The monoisotopic (exact) mass is 328 g/mol. The number of nitrogens with zero attached hydrogens (tertiary/aromatic N) is 5. The summed E-state index contributed by atoms with van der Waals surface area (Å²) in [6.45, 7) is 3.34. The molecule has 0 aliphatic carbocycles. The van der Waals surface area contributed by atoms with Crippen molar-refractivity contribution in [3.63, 3.8) is 0 Å². The molecule has 0 unspecified atom stereocenters. The molecule has 1 fully saturated rings. The van der Waals surface area contributed by atoms with Crippen LogP contribution in [0.1, 0.15) is 5.56 Å². The van der Waals surface area contributed by atoms with E-state index in [9.17, 15) is 4.79 Å². The van der Waals surface area contributed by atoms with E-state index in [-0.39, 0.29) is 0 Å². The molecule has 1 aliphatic heterocycles. The van der Waals surface area contributed by atoms with Crippen LogP contribution in [0.4, 0.5) is 11.8 Å². The maximum absolute atomic E-state index is 10.8. The summed E-state index contributed by atoms with van der Waals surface area (Å²) < 4.78 is 5.34. The van der Waals surface area contributed by atoms with Gasteiger partial charge in [-0.2, -0.15) is 10.1 Å². The molecular weight excluding hydrogens is 308 g/mol. The van der Waals surface area contributed by atoms with Gasteiger partial charge >= 0.3 is 0 Å². The van der Waals surface area contributed by atoms with Crippen molar-refractivity contribution < 1.29 is 9.53 Å². The quantitative estimate of drug-likeness (QED) is 0.784. The second-order valence-corrected chi connectivity index (χ2v) is 5.44. The first-order valence-electron chi connectivity index (χ1n) is 7.80. The molecular formula is C16H20N6O2. The zero-order chi connectivity index (χ0) is 16.8. The fourth-order valence-corrected chi connectivity index (χ4v) is 2.58. The van der Waals surface area contributed by atoms with Crippen molar-refractivity contribution in [2.45, 2.75) is 6.54 Å². The Labute approximate surface area is 140 Å². The van der Waals surface area contributed by atoms with Crippen LogP contribution in [0, 0.1) is 0 Å². The van der Waals surface area contributed by atoms with Crippen molar-refractivity contribution in [1.29, 1.82) is 0 Å². The van der Waals surface area contributed by atoms with Crippen molar-refractivity contribution in [3.8, 4) is 5.75 Å². The lowest BCUT2D eigenvalue weighted by atomic mass is 10.2. The Bertz CT molecular complexity index is 688. The number of ether oxygens (including phenoxy) is 1. The van der Waals surface area contributed by atoms with Crippen LogP contribution in [0.5, 0.6) is 5.75 Å². The first kappa shape index (κ1) is 16.0. The molecule has 2 aromatic rings. The number of piperazine rings is 1. The molecule has 0 saturated carbocycles. The highest BCUT2D eigenvalue weighted by Gasteiger charge is 2.18. The molecule has 8 nitrogen and oxygen atoms in total. The van der Waals surface area contributed by atoms with E-state index in [1.807, 2.05) is 29.2 Å². The van der Waals surface area contributed by atoms with Crippen molar-refractivity contribution in [2.75, 3.05) is 43.5 Å². The van der Waals surface area contributed by atoms with Crippen LogP contribution in [0.25, 0.3) is 0 Å². The topological polar surface area (TPSA) is 83.5 Å². The van der Waals surface area contributed by atoms with Gasteiger partial charge in [-0.15, -0.1) is 5.10 Å². The number of amides is 1. The van der Waals surface area contributed by atoms with Crippen LogP contribution >= 0.6 is 0 Å². The molecule has 3 rings (SSSR count). The predicted molar refractivity (Wildman–Crippen MR) is 90.0 cm³/mol. The molecule has 1 aliphatic rings. The Balaban J connectivity index is 1.64. The number of hydrogen-bond donors (Lipinski definition) is 1. The number of hydrogen-bond acceptors (Lipinski definition) is 7. The first-order valence-corrected chi connectivity index (χ1v) is 7.80. The van der Waals surface area contributed by atoms with Gasteiger partial charge in [-0.25, -0.2) is 0 Å². The van der Waals surface area contributed by atoms with E-state index in [4.69, 9.17) is 4.74 Å². The number of nitrogens with one attached hydrogen (secondary N) is 1. The second kappa shape index (κ2) is 7.58. The number of rotatable bonds is 6. The van der Waals surface area contributed by atoms with Gasteiger partial charge in [-0.1, -0.05) is 18.2 Å². The maximum Gasteiger partial charge on any atom is 0.247 e. The highest BCUT2D eigenvalue weighted by atomic mass is 16.5. The number of para-hydroxylation sites is 1. The van der Waals surface area contributed by atoms with Gasteiger partial charge in [0.05, 0.1) is 13.3 Å². The lowest BCUT2D eigenvalue weighted by Crippen LogP contribution is -2.46. The average Bonchev–Trinajstić information content (AvgIpc) is 2.67. The summed E-state index contributed by atoms with van der Waals surface area (Å²) in [5, 5.41) is 11.4. The van der Waals surface area contributed by atoms with Crippen LogP contribution in [-0.4, -0.2) is 59.8 Å². The number of benzene rings is 1. The minimum absolute atomic E-state index is 0.575. The van der Waals surface area contributed by atoms with E-state index in [2.05, 4.69) is 20.5 Å². The zero-order valence-electron chi connectivity index (χ0n) is 13.6. The summed E-state index contributed by atoms with van der Waals surface area (Å²) in [4.78, 5) is 19.1. The maximum atomic E-state index is 10.8. The molecule has 1 amide bonds. The van der Waals surface area contributed by atoms with Crippen LogP contribution in [-0.2, 0) is 11.3 Å². The molecule has 126 valence electrons. The molecule has 2 heterocycles. The predicted octanol–water partition coefficient (Wildman–Crippen LogP) is 0.771. The summed E-state index contributed by atoms with van der Waals surface area (Å²) in [6.07, 6.45) is 2.47. The fraction of sp³-hybridized carbons (Fsp3) is 0.375. The molecule has 24 heavy (non-hydrogen) atoms. The minimum atomic E-state index is 0.575. The van der Waals surface area contributed by atoms with Crippen LogP contribution < -0.4 is 15.0 Å². The van der Waals surface area contributed by atoms with E-state index >= 15 is 0 Å². The Kier molecular flexibility index (Phi) is 5.05. The largest absolute Gasteiger partial charge is 0.496 e. The molecule has 1 N–H and O–H groups in total. The number of carbonyl (C=O) groups is 1. The molecule has 1 aromatic carbocycles. The minimum Gasteiger partial charge on any atom is -0.496 e. The fourth-order valence-electron chi connectivity index (χ4n) is 2.58.